The molecule has 0 aromatic heterocycles. The third-order valence-electron chi connectivity index (χ3n) is 3.29. The molecule has 15 heavy (non-hydrogen) atoms. The molecule has 0 saturated carbocycles. The number of hydrogen-bond acceptors (Lipinski definition) is 2. The van der Waals surface area contributed by atoms with Gasteiger partial charge in [0.1, 0.15) is 0 Å². The monoisotopic (exact) mass is 232 g/mol. The van der Waals surface area contributed by atoms with Crippen LogP contribution in [0.1, 0.15) is 47.0 Å². The van der Waals surface area contributed by atoms with E-state index in [2.05, 4.69) is 33.9 Å². The normalized spacial score (nSPS) is 15.4. The van der Waals surface area contributed by atoms with E-state index in [1.807, 2.05) is 6.92 Å². The molecule has 0 radical (unpaired) electrons. The van der Waals surface area contributed by atoms with Crippen LogP contribution >= 0.6 is 0 Å². The molecule has 0 aromatic carbocycles. The second-order valence-corrected chi connectivity index (χ2v) is 10.8. The fraction of sp³-hybridized carbons (Fsp3) is 1.00. The van der Waals surface area contributed by atoms with Crippen molar-refractivity contribution in [1.82, 2.24) is 0 Å². The molecule has 0 spiro atoms. The van der Waals surface area contributed by atoms with Crippen molar-refractivity contribution in [3.8, 4) is 0 Å². The van der Waals surface area contributed by atoms with Gasteiger partial charge in [0.15, 0.2) is 8.32 Å². The lowest BCUT2D eigenvalue weighted by atomic mass is 10.2. The first-order chi connectivity index (χ1) is 6.67. The summed E-state index contributed by atoms with van der Waals surface area (Å²) < 4.78 is 6.03. The Kier molecular flexibility index (Phi) is 6.07. The van der Waals surface area contributed by atoms with E-state index in [0.29, 0.717) is 5.04 Å². The maximum atomic E-state index is 9.11. The molecule has 1 N–H and O–H groups in total. The zero-order chi connectivity index (χ0) is 12.1. The van der Waals surface area contributed by atoms with E-state index in [-0.39, 0.29) is 6.10 Å². The molecule has 0 saturated heterocycles. The third-order valence-corrected chi connectivity index (χ3v) is 7.82. The summed E-state index contributed by atoms with van der Waals surface area (Å²) in [7, 11) is -1.54. The summed E-state index contributed by atoms with van der Waals surface area (Å²) in [6.07, 6.45) is 2.85. The molecule has 0 aliphatic heterocycles. The van der Waals surface area contributed by atoms with E-state index in [1.54, 1.807) is 0 Å². The van der Waals surface area contributed by atoms with Crippen molar-refractivity contribution in [2.45, 2.75) is 71.2 Å². The fourth-order valence-corrected chi connectivity index (χ4v) is 2.17. The largest absolute Gasteiger partial charge is 0.417 e. The molecule has 0 fully saturated rings. The van der Waals surface area contributed by atoms with Gasteiger partial charge in [0, 0.05) is 6.61 Å². The Morgan fingerprint density at radius 3 is 2.13 bits per heavy atom. The van der Waals surface area contributed by atoms with Gasteiger partial charge >= 0.3 is 0 Å². The van der Waals surface area contributed by atoms with Gasteiger partial charge in [-0.1, -0.05) is 20.8 Å². The Morgan fingerprint density at radius 2 is 1.73 bits per heavy atom. The Morgan fingerprint density at radius 1 is 1.20 bits per heavy atom. The summed E-state index contributed by atoms with van der Waals surface area (Å²) in [6, 6.07) is 0. The molecular formula is C12H28O2Si. The molecule has 0 aromatic rings. The van der Waals surface area contributed by atoms with Crippen LogP contribution in [0.2, 0.25) is 18.1 Å². The predicted molar refractivity (Wildman–Crippen MR) is 68.7 cm³/mol. The van der Waals surface area contributed by atoms with Crippen LogP contribution in [-0.2, 0) is 4.43 Å². The number of aliphatic hydroxyl groups is 1. The topological polar surface area (TPSA) is 29.5 Å². The van der Waals surface area contributed by atoms with Gasteiger partial charge in [-0.3, -0.25) is 0 Å². The first-order valence-electron chi connectivity index (χ1n) is 5.99. The summed E-state index contributed by atoms with van der Waals surface area (Å²) in [4.78, 5) is 0. The molecule has 0 aliphatic carbocycles. The third kappa shape index (κ3) is 6.33. The van der Waals surface area contributed by atoms with Crippen LogP contribution in [-0.4, -0.2) is 26.1 Å². The van der Waals surface area contributed by atoms with Crippen molar-refractivity contribution < 1.29 is 9.53 Å². The van der Waals surface area contributed by atoms with Crippen LogP contribution in [0, 0.1) is 0 Å². The lowest BCUT2D eigenvalue weighted by Crippen LogP contribution is -2.40. The van der Waals surface area contributed by atoms with Crippen molar-refractivity contribution in [2.24, 2.45) is 0 Å². The van der Waals surface area contributed by atoms with E-state index >= 15 is 0 Å². The highest BCUT2D eigenvalue weighted by Gasteiger charge is 2.36. The van der Waals surface area contributed by atoms with Crippen LogP contribution < -0.4 is 0 Å². The quantitative estimate of drug-likeness (QED) is 0.560. The van der Waals surface area contributed by atoms with Gasteiger partial charge in [0.05, 0.1) is 6.10 Å². The summed E-state index contributed by atoms with van der Waals surface area (Å²) >= 11 is 0. The standard InChI is InChI=1S/C12H28O2Si/c1-11(13)9-7-8-10-14-15(5,6)12(2,3)4/h11,13H,7-10H2,1-6H3/t11-/m1/s1. The zero-order valence-electron chi connectivity index (χ0n) is 11.3. The average molecular weight is 232 g/mol. The average Bonchev–Trinajstić information content (AvgIpc) is 2.00. The van der Waals surface area contributed by atoms with Crippen molar-refractivity contribution in [3.05, 3.63) is 0 Å². The molecule has 1 atom stereocenters. The van der Waals surface area contributed by atoms with E-state index in [1.165, 1.54) is 0 Å². The lowest BCUT2D eigenvalue weighted by Gasteiger charge is -2.36. The van der Waals surface area contributed by atoms with Gasteiger partial charge in [-0.05, 0) is 44.3 Å². The van der Waals surface area contributed by atoms with Gasteiger partial charge in [0.2, 0.25) is 0 Å². The second-order valence-electron chi connectivity index (χ2n) is 5.95. The van der Waals surface area contributed by atoms with Crippen LogP contribution in [0.5, 0.6) is 0 Å². The van der Waals surface area contributed by atoms with Gasteiger partial charge in [-0.15, -0.1) is 0 Å². The van der Waals surface area contributed by atoms with Crippen LogP contribution in [0.3, 0.4) is 0 Å². The fourth-order valence-electron chi connectivity index (χ4n) is 1.09. The Balaban J connectivity index is 3.68. The maximum Gasteiger partial charge on any atom is 0.191 e. The van der Waals surface area contributed by atoms with Gasteiger partial charge < -0.3 is 9.53 Å². The minimum atomic E-state index is -1.54. The molecule has 0 rings (SSSR count). The van der Waals surface area contributed by atoms with Crippen molar-refractivity contribution in [2.75, 3.05) is 6.61 Å². The first kappa shape index (κ1) is 15.1. The summed E-state index contributed by atoms with van der Waals surface area (Å²) in [6.45, 7) is 14.0. The molecule has 3 heteroatoms. The van der Waals surface area contributed by atoms with E-state index in [9.17, 15) is 0 Å². The SMILES string of the molecule is C[C@@H](O)CCCCO[Si](C)(C)C(C)(C)C. The van der Waals surface area contributed by atoms with Crippen molar-refractivity contribution in [3.63, 3.8) is 0 Å². The number of hydrogen-bond donors (Lipinski definition) is 1. The molecule has 0 unspecified atom stereocenters. The van der Waals surface area contributed by atoms with E-state index in [4.69, 9.17) is 9.53 Å². The summed E-state index contributed by atoms with van der Waals surface area (Å²) in [5.74, 6) is 0. The van der Waals surface area contributed by atoms with Crippen LogP contribution in [0.25, 0.3) is 0 Å². The van der Waals surface area contributed by atoms with Crippen LogP contribution in [0.4, 0.5) is 0 Å². The van der Waals surface area contributed by atoms with Gasteiger partial charge in [0.25, 0.3) is 0 Å². The highest BCUT2D eigenvalue weighted by Crippen LogP contribution is 2.36. The maximum absolute atomic E-state index is 9.11. The Hall–Kier alpha value is 0.137. The summed E-state index contributed by atoms with van der Waals surface area (Å²) in [5.41, 5.74) is 0. The van der Waals surface area contributed by atoms with Crippen LogP contribution in [0.15, 0.2) is 0 Å². The van der Waals surface area contributed by atoms with Gasteiger partial charge in [-0.25, -0.2) is 0 Å². The van der Waals surface area contributed by atoms with Gasteiger partial charge in [-0.2, -0.15) is 0 Å². The minimum Gasteiger partial charge on any atom is -0.417 e. The molecule has 0 aliphatic rings. The molecule has 2 nitrogen and oxygen atoms in total. The minimum absolute atomic E-state index is 0.169. The number of rotatable bonds is 6. The Bertz CT molecular complexity index is 171. The predicted octanol–water partition coefficient (Wildman–Crippen LogP) is 3.56. The van der Waals surface area contributed by atoms with Crippen molar-refractivity contribution >= 4 is 8.32 Å². The number of aliphatic hydroxyl groups excluding tert-OH is 1. The molecule has 0 amide bonds. The Labute approximate surface area is 96.2 Å². The smallest absolute Gasteiger partial charge is 0.191 e. The second kappa shape index (κ2) is 6.02. The van der Waals surface area contributed by atoms with Crippen molar-refractivity contribution in [1.29, 1.82) is 0 Å². The first-order valence-corrected chi connectivity index (χ1v) is 8.89. The highest BCUT2D eigenvalue weighted by atomic mass is 28.4. The van der Waals surface area contributed by atoms with E-state index in [0.717, 1.165) is 25.9 Å². The number of unbranched alkanes of at least 4 members (excludes halogenated alkanes) is 1. The molecule has 92 valence electrons. The molecule has 0 heterocycles. The van der Waals surface area contributed by atoms with E-state index < -0.39 is 8.32 Å². The summed E-state index contributed by atoms with van der Waals surface area (Å²) in [5, 5.41) is 9.41. The zero-order valence-corrected chi connectivity index (χ0v) is 12.3. The molecule has 0 bridgehead atoms. The highest BCUT2D eigenvalue weighted by molar-refractivity contribution is 6.74. The lowest BCUT2D eigenvalue weighted by molar-refractivity contribution is 0.176. The molecular weight excluding hydrogens is 204 g/mol.